The molecule has 5 heteroatoms. The van der Waals surface area contributed by atoms with Crippen molar-refractivity contribution < 1.29 is 19.4 Å². The number of amides is 1. The topological polar surface area (TPSA) is 66.8 Å². The van der Waals surface area contributed by atoms with Crippen LogP contribution in [-0.4, -0.2) is 28.5 Å². The molecular formula is C28H31NO4. The first-order chi connectivity index (χ1) is 15.6. The quantitative estimate of drug-likeness (QED) is 0.490. The summed E-state index contributed by atoms with van der Waals surface area (Å²) < 4.78 is 5.69. The number of carbonyl (C=O) groups is 2. The molecule has 1 N–H and O–H groups in total. The Bertz CT molecular complexity index is 1100. The maximum Gasteiger partial charge on any atom is 0.339 e. The van der Waals surface area contributed by atoms with Crippen molar-refractivity contribution in [3.05, 3.63) is 101 Å². The summed E-state index contributed by atoms with van der Waals surface area (Å²) in [6.07, 6.45) is 0. The summed E-state index contributed by atoms with van der Waals surface area (Å²) in [4.78, 5) is 26.4. The number of benzene rings is 3. The van der Waals surface area contributed by atoms with Gasteiger partial charge in [-0.2, -0.15) is 0 Å². The van der Waals surface area contributed by atoms with E-state index in [9.17, 15) is 14.7 Å². The van der Waals surface area contributed by atoms with Gasteiger partial charge in [0.2, 0.25) is 0 Å². The smallest absolute Gasteiger partial charge is 0.339 e. The summed E-state index contributed by atoms with van der Waals surface area (Å²) in [7, 11) is 0. The average Bonchev–Trinajstić information content (AvgIpc) is 2.77. The lowest BCUT2D eigenvalue weighted by Gasteiger charge is -2.24. The van der Waals surface area contributed by atoms with E-state index in [1.54, 1.807) is 17.0 Å². The van der Waals surface area contributed by atoms with E-state index in [-0.39, 0.29) is 29.2 Å². The number of carboxylic acid groups (broad SMARTS) is 1. The maximum absolute atomic E-state index is 13.2. The SMILES string of the molecule is Cc1ccc(C(=O)O)c(OCC(=O)N(Cc2ccccc2)Cc2ccc(C(C)(C)C)cc2)c1. The summed E-state index contributed by atoms with van der Waals surface area (Å²) >= 11 is 0. The molecule has 0 atom stereocenters. The number of aromatic carboxylic acids is 1. The molecule has 3 rings (SSSR count). The monoisotopic (exact) mass is 445 g/mol. The van der Waals surface area contributed by atoms with Crippen molar-refractivity contribution in [3.8, 4) is 5.75 Å². The van der Waals surface area contributed by atoms with Gasteiger partial charge in [-0.1, -0.05) is 81.4 Å². The molecule has 3 aromatic rings. The molecule has 0 fully saturated rings. The van der Waals surface area contributed by atoms with Crippen LogP contribution in [0.15, 0.2) is 72.8 Å². The van der Waals surface area contributed by atoms with Crippen molar-refractivity contribution in [1.29, 1.82) is 0 Å². The Morgan fingerprint density at radius 2 is 1.48 bits per heavy atom. The highest BCUT2D eigenvalue weighted by atomic mass is 16.5. The molecule has 5 nitrogen and oxygen atoms in total. The zero-order chi connectivity index (χ0) is 24.0. The maximum atomic E-state index is 13.2. The Balaban J connectivity index is 1.78. The van der Waals surface area contributed by atoms with E-state index >= 15 is 0 Å². The Morgan fingerprint density at radius 3 is 2.06 bits per heavy atom. The molecule has 172 valence electrons. The molecule has 0 saturated heterocycles. The molecule has 3 aromatic carbocycles. The van der Waals surface area contributed by atoms with Crippen LogP contribution in [0, 0.1) is 6.92 Å². The van der Waals surface area contributed by atoms with Crippen LogP contribution >= 0.6 is 0 Å². The third-order valence-corrected chi connectivity index (χ3v) is 5.48. The second-order valence-corrected chi connectivity index (χ2v) is 9.28. The standard InChI is InChI=1S/C28H31NO4/c1-20-10-15-24(27(31)32)25(16-20)33-19-26(30)29(17-21-8-6-5-7-9-21)18-22-11-13-23(14-12-22)28(2,3)4/h5-16H,17-19H2,1-4H3,(H,31,32). The van der Waals surface area contributed by atoms with Crippen molar-refractivity contribution in [2.75, 3.05) is 6.61 Å². The third-order valence-electron chi connectivity index (χ3n) is 5.48. The highest BCUT2D eigenvalue weighted by Gasteiger charge is 2.19. The Kier molecular flexibility index (Phi) is 7.54. The van der Waals surface area contributed by atoms with E-state index in [0.29, 0.717) is 13.1 Å². The molecular weight excluding hydrogens is 414 g/mol. The second kappa shape index (κ2) is 10.3. The molecule has 0 bridgehead atoms. The summed E-state index contributed by atoms with van der Waals surface area (Å²) in [5.41, 5.74) is 4.23. The van der Waals surface area contributed by atoms with E-state index in [2.05, 4.69) is 45.0 Å². The first kappa shape index (κ1) is 24.1. The fraction of sp³-hybridized carbons (Fsp3) is 0.286. The van der Waals surface area contributed by atoms with Crippen LogP contribution in [0.1, 0.15) is 53.4 Å². The van der Waals surface area contributed by atoms with Gasteiger partial charge in [-0.05, 0) is 46.7 Å². The summed E-state index contributed by atoms with van der Waals surface area (Å²) in [5.74, 6) is -1.10. The fourth-order valence-electron chi connectivity index (χ4n) is 3.52. The number of hydrogen-bond acceptors (Lipinski definition) is 3. The lowest BCUT2D eigenvalue weighted by Crippen LogP contribution is -2.34. The Labute approximate surface area is 195 Å². The van der Waals surface area contributed by atoms with Crippen molar-refractivity contribution in [1.82, 2.24) is 4.90 Å². The molecule has 0 heterocycles. The number of carboxylic acids is 1. The molecule has 0 aliphatic carbocycles. The van der Waals surface area contributed by atoms with Crippen LogP contribution in [0.3, 0.4) is 0 Å². The Hall–Kier alpha value is -3.60. The molecule has 0 spiro atoms. The molecule has 0 unspecified atom stereocenters. The van der Waals surface area contributed by atoms with Crippen LogP contribution in [0.4, 0.5) is 0 Å². The first-order valence-corrected chi connectivity index (χ1v) is 11.0. The third kappa shape index (κ3) is 6.69. The second-order valence-electron chi connectivity index (χ2n) is 9.28. The van der Waals surface area contributed by atoms with Crippen molar-refractivity contribution in [2.45, 2.75) is 46.2 Å². The minimum Gasteiger partial charge on any atom is -0.483 e. The van der Waals surface area contributed by atoms with Gasteiger partial charge < -0.3 is 14.7 Å². The van der Waals surface area contributed by atoms with Gasteiger partial charge in [0, 0.05) is 13.1 Å². The number of nitrogens with zero attached hydrogens (tertiary/aromatic N) is 1. The molecule has 33 heavy (non-hydrogen) atoms. The number of aryl methyl sites for hydroxylation is 1. The minimum atomic E-state index is -1.09. The molecule has 1 amide bonds. The van der Waals surface area contributed by atoms with Crippen LogP contribution in [0.25, 0.3) is 0 Å². The lowest BCUT2D eigenvalue weighted by atomic mass is 9.87. The summed E-state index contributed by atoms with van der Waals surface area (Å²) in [6.45, 7) is 8.98. The van der Waals surface area contributed by atoms with E-state index < -0.39 is 5.97 Å². The highest BCUT2D eigenvalue weighted by molar-refractivity contribution is 5.91. The molecule has 0 aliphatic heterocycles. The summed E-state index contributed by atoms with van der Waals surface area (Å²) in [6, 6.07) is 22.9. The fourth-order valence-corrected chi connectivity index (χ4v) is 3.52. The van der Waals surface area contributed by atoms with E-state index in [0.717, 1.165) is 16.7 Å². The zero-order valence-electron chi connectivity index (χ0n) is 19.7. The first-order valence-electron chi connectivity index (χ1n) is 11.0. The van der Waals surface area contributed by atoms with E-state index in [1.165, 1.54) is 11.6 Å². The number of ether oxygens (including phenoxy) is 1. The molecule has 0 saturated carbocycles. The molecule has 0 aromatic heterocycles. The van der Waals surface area contributed by atoms with Crippen molar-refractivity contribution in [2.24, 2.45) is 0 Å². The number of carbonyl (C=O) groups excluding carboxylic acids is 1. The van der Waals surface area contributed by atoms with Gasteiger partial charge in [-0.25, -0.2) is 4.79 Å². The van der Waals surface area contributed by atoms with Crippen LogP contribution < -0.4 is 4.74 Å². The van der Waals surface area contributed by atoms with Gasteiger partial charge in [0.25, 0.3) is 5.91 Å². The van der Waals surface area contributed by atoms with E-state index in [4.69, 9.17) is 4.74 Å². The van der Waals surface area contributed by atoms with Gasteiger partial charge in [0.1, 0.15) is 11.3 Å². The van der Waals surface area contributed by atoms with E-state index in [1.807, 2.05) is 37.3 Å². The van der Waals surface area contributed by atoms with Crippen LogP contribution in [0.2, 0.25) is 0 Å². The van der Waals surface area contributed by atoms with Gasteiger partial charge in [0.15, 0.2) is 6.61 Å². The van der Waals surface area contributed by atoms with Gasteiger partial charge in [-0.15, -0.1) is 0 Å². The Morgan fingerprint density at radius 1 is 0.879 bits per heavy atom. The predicted molar refractivity (Wildman–Crippen MR) is 129 cm³/mol. The van der Waals surface area contributed by atoms with Crippen molar-refractivity contribution in [3.63, 3.8) is 0 Å². The van der Waals surface area contributed by atoms with Gasteiger partial charge in [0.05, 0.1) is 0 Å². The minimum absolute atomic E-state index is 0.0424. The van der Waals surface area contributed by atoms with Crippen molar-refractivity contribution >= 4 is 11.9 Å². The van der Waals surface area contributed by atoms with Crippen LogP contribution in [0.5, 0.6) is 5.75 Å². The van der Waals surface area contributed by atoms with Crippen LogP contribution in [-0.2, 0) is 23.3 Å². The summed E-state index contributed by atoms with van der Waals surface area (Å²) in [5, 5.41) is 9.42. The highest BCUT2D eigenvalue weighted by Crippen LogP contribution is 2.23. The van der Waals surface area contributed by atoms with Gasteiger partial charge in [-0.3, -0.25) is 4.79 Å². The number of hydrogen-bond donors (Lipinski definition) is 1. The molecule has 0 aliphatic rings. The van der Waals surface area contributed by atoms with Gasteiger partial charge >= 0.3 is 5.97 Å². The predicted octanol–water partition coefficient (Wildman–Crippen LogP) is 5.60. The normalized spacial score (nSPS) is 11.2. The zero-order valence-corrected chi connectivity index (χ0v) is 19.7. The average molecular weight is 446 g/mol. The number of rotatable bonds is 8. The largest absolute Gasteiger partial charge is 0.483 e. The lowest BCUT2D eigenvalue weighted by molar-refractivity contribution is -0.134. The molecule has 0 radical (unpaired) electrons.